The Bertz CT molecular complexity index is 544. The van der Waals surface area contributed by atoms with Gasteiger partial charge < -0.3 is 14.3 Å². The zero-order chi connectivity index (χ0) is 15.4. The fourth-order valence-corrected chi connectivity index (χ4v) is 2.65. The third-order valence-corrected chi connectivity index (χ3v) is 4.32. The molecule has 1 heterocycles. The molecule has 1 unspecified atom stereocenters. The van der Waals surface area contributed by atoms with Gasteiger partial charge in [-0.1, -0.05) is 6.92 Å². The number of carbonyl (C=O) groups is 1. The molecule has 0 aliphatic heterocycles. The third-order valence-electron chi connectivity index (χ3n) is 4.32. The summed E-state index contributed by atoms with van der Waals surface area (Å²) < 4.78 is 1.85. The van der Waals surface area contributed by atoms with Gasteiger partial charge in [-0.2, -0.15) is 0 Å². The lowest BCUT2D eigenvalue weighted by molar-refractivity contribution is -0.111. The van der Waals surface area contributed by atoms with Crippen LogP contribution >= 0.6 is 0 Å². The van der Waals surface area contributed by atoms with Crippen molar-refractivity contribution in [3.8, 4) is 0 Å². The van der Waals surface area contributed by atoms with Crippen LogP contribution in [0.2, 0.25) is 0 Å². The predicted molar refractivity (Wildman–Crippen MR) is 85.9 cm³/mol. The molecule has 1 atom stereocenters. The van der Waals surface area contributed by atoms with Crippen molar-refractivity contribution in [3.63, 3.8) is 0 Å². The van der Waals surface area contributed by atoms with E-state index in [1.165, 1.54) is 18.4 Å². The Morgan fingerprint density at radius 3 is 2.67 bits per heavy atom. The fraction of sp³-hybridized carbons (Fsp3) is 0.647. The molecular formula is C17H26N2O2. The fourth-order valence-electron chi connectivity index (χ4n) is 2.65. The van der Waals surface area contributed by atoms with E-state index in [4.69, 9.17) is 0 Å². The number of rotatable bonds is 8. The van der Waals surface area contributed by atoms with Crippen LogP contribution in [0.25, 0.3) is 0 Å². The van der Waals surface area contributed by atoms with Crippen molar-refractivity contribution in [1.82, 2.24) is 4.57 Å². The third kappa shape index (κ3) is 4.19. The molecule has 1 aromatic rings. The van der Waals surface area contributed by atoms with Crippen molar-refractivity contribution >= 4 is 12.0 Å². The SMILES string of the molecule is CCC(C=O)CCc1cn(CC2CC2)c(=O)cc1N(C)C. The first-order chi connectivity index (χ1) is 10.0. The van der Waals surface area contributed by atoms with Gasteiger partial charge in [0.05, 0.1) is 0 Å². The minimum atomic E-state index is 0.0804. The normalized spacial score (nSPS) is 15.8. The highest BCUT2D eigenvalue weighted by atomic mass is 16.1. The van der Waals surface area contributed by atoms with Crippen LogP contribution in [-0.2, 0) is 17.8 Å². The summed E-state index contributed by atoms with van der Waals surface area (Å²) in [6, 6.07) is 1.74. The Labute approximate surface area is 126 Å². The summed E-state index contributed by atoms with van der Waals surface area (Å²) in [7, 11) is 3.92. The number of pyridine rings is 1. The molecule has 1 fully saturated rings. The Morgan fingerprint density at radius 2 is 2.14 bits per heavy atom. The standard InChI is InChI=1S/C17H26N2O2/c1-4-13(12-20)7-8-15-11-19(10-14-5-6-14)17(21)9-16(15)18(2)3/h9,11-14H,4-8,10H2,1-3H3. The van der Waals surface area contributed by atoms with E-state index >= 15 is 0 Å². The number of hydrogen-bond acceptors (Lipinski definition) is 3. The Morgan fingerprint density at radius 1 is 1.43 bits per heavy atom. The summed E-state index contributed by atoms with van der Waals surface area (Å²) in [5.41, 5.74) is 2.23. The summed E-state index contributed by atoms with van der Waals surface area (Å²) in [6.45, 7) is 2.88. The number of aryl methyl sites for hydroxylation is 1. The van der Waals surface area contributed by atoms with Gasteiger partial charge in [-0.3, -0.25) is 4.79 Å². The van der Waals surface area contributed by atoms with Gasteiger partial charge in [0, 0.05) is 44.5 Å². The molecule has 0 amide bonds. The molecule has 0 N–H and O–H groups in total. The first-order valence-corrected chi connectivity index (χ1v) is 7.91. The van der Waals surface area contributed by atoms with Crippen molar-refractivity contribution in [3.05, 3.63) is 28.2 Å². The average molecular weight is 290 g/mol. The predicted octanol–water partition coefficient (Wildman–Crippen LogP) is 2.48. The van der Waals surface area contributed by atoms with Crippen molar-refractivity contribution in [1.29, 1.82) is 0 Å². The lowest BCUT2D eigenvalue weighted by Gasteiger charge is -2.20. The molecule has 0 aromatic carbocycles. The minimum absolute atomic E-state index is 0.0804. The van der Waals surface area contributed by atoms with E-state index in [1.54, 1.807) is 6.07 Å². The van der Waals surface area contributed by atoms with Gasteiger partial charge in [-0.15, -0.1) is 0 Å². The number of aromatic nitrogens is 1. The van der Waals surface area contributed by atoms with Crippen molar-refractivity contribution < 1.29 is 4.79 Å². The van der Waals surface area contributed by atoms with Crippen LogP contribution in [0.1, 0.15) is 38.2 Å². The molecule has 1 aliphatic rings. The van der Waals surface area contributed by atoms with Crippen LogP contribution < -0.4 is 10.5 Å². The smallest absolute Gasteiger partial charge is 0.252 e. The van der Waals surface area contributed by atoms with E-state index < -0.39 is 0 Å². The van der Waals surface area contributed by atoms with Gasteiger partial charge in [0.25, 0.3) is 5.56 Å². The van der Waals surface area contributed by atoms with Gasteiger partial charge in [0.15, 0.2) is 0 Å². The second-order valence-electron chi connectivity index (χ2n) is 6.36. The summed E-state index contributed by atoms with van der Waals surface area (Å²) in [6.07, 6.45) is 8.10. The maximum Gasteiger partial charge on any atom is 0.252 e. The van der Waals surface area contributed by atoms with E-state index in [0.717, 1.165) is 37.8 Å². The molecule has 0 spiro atoms. The van der Waals surface area contributed by atoms with Gasteiger partial charge in [0.2, 0.25) is 0 Å². The van der Waals surface area contributed by atoms with Crippen LogP contribution in [0.3, 0.4) is 0 Å². The van der Waals surface area contributed by atoms with Crippen LogP contribution in [0.4, 0.5) is 5.69 Å². The van der Waals surface area contributed by atoms with Crippen molar-refractivity contribution in [2.24, 2.45) is 11.8 Å². The largest absolute Gasteiger partial charge is 0.377 e. The quantitative estimate of drug-likeness (QED) is 0.691. The molecule has 1 saturated carbocycles. The molecule has 0 bridgehead atoms. The van der Waals surface area contributed by atoms with Crippen molar-refractivity contribution in [2.45, 2.75) is 45.6 Å². The molecule has 2 rings (SSSR count). The zero-order valence-electron chi connectivity index (χ0n) is 13.3. The molecule has 0 radical (unpaired) electrons. The van der Waals surface area contributed by atoms with E-state index in [0.29, 0.717) is 5.92 Å². The summed E-state index contributed by atoms with van der Waals surface area (Å²) in [4.78, 5) is 25.2. The van der Waals surface area contributed by atoms with Gasteiger partial charge in [-0.25, -0.2) is 0 Å². The highest BCUT2D eigenvalue weighted by Gasteiger charge is 2.22. The molecule has 21 heavy (non-hydrogen) atoms. The minimum Gasteiger partial charge on any atom is -0.377 e. The first kappa shape index (κ1) is 15.8. The first-order valence-electron chi connectivity index (χ1n) is 7.91. The molecule has 4 heteroatoms. The van der Waals surface area contributed by atoms with E-state index in [1.807, 2.05) is 36.7 Å². The Hall–Kier alpha value is -1.58. The zero-order valence-corrected chi connectivity index (χ0v) is 13.3. The number of hydrogen-bond donors (Lipinski definition) is 0. The van der Waals surface area contributed by atoms with E-state index in [-0.39, 0.29) is 11.5 Å². The molecule has 0 saturated heterocycles. The second-order valence-corrected chi connectivity index (χ2v) is 6.36. The lowest BCUT2D eigenvalue weighted by Crippen LogP contribution is -2.24. The van der Waals surface area contributed by atoms with Crippen LogP contribution in [0, 0.1) is 11.8 Å². The Kier molecular flexibility index (Phi) is 5.21. The average Bonchev–Trinajstić information content (AvgIpc) is 3.26. The Balaban J connectivity index is 2.22. The van der Waals surface area contributed by atoms with E-state index in [2.05, 4.69) is 0 Å². The monoisotopic (exact) mass is 290 g/mol. The van der Waals surface area contributed by atoms with Crippen LogP contribution in [-0.4, -0.2) is 24.9 Å². The van der Waals surface area contributed by atoms with Crippen LogP contribution in [0.5, 0.6) is 0 Å². The summed E-state index contributed by atoms with van der Waals surface area (Å²) >= 11 is 0. The van der Waals surface area contributed by atoms with Gasteiger partial charge in [-0.05, 0) is 43.6 Å². The highest BCUT2D eigenvalue weighted by Crippen LogP contribution is 2.30. The molecule has 1 aromatic heterocycles. The molecular weight excluding hydrogens is 264 g/mol. The summed E-state index contributed by atoms with van der Waals surface area (Å²) in [5.74, 6) is 0.794. The lowest BCUT2D eigenvalue weighted by atomic mass is 9.98. The van der Waals surface area contributed by atoms with E-state index in [9.17, 15) is 9.59 Å². The van der Waals surface area contributed by atoms with Gasteiger partial charge in [0.1, 0.15) is 6.29 Å². The molecule has 116 valence electrons. The number of aldehydes is 1. The maximum atomic E-state index is 12.2. The highest BCUT2D eigenvalue weighted by molar-refractivity contribution is 5.54. The van der Waals surface area contributed by atoms with Gasteiger partial charge >= 0.3 is 0 Å². The molecule has 4 nitrogen and oxygen atoms in total. The number of carbonyl (C=O) groups excluding carboxylic acids is 1. The van der Waals surface area contributed by atoms with Crippen LogP contribution in [0.15, 0.2) is 17.1 Å². The topological polar surface area (TPSA) is 42.3 Å². The number of anilines is 1. The number of nitrogens with zero attached hydrogens (tertiary/aromatic N) is 2. The maximum absolute atomic E-state index is 12.2. The van der Waals surface area contributed by atoms with Crippen molar-refractivity contribution in [2.75, 3.05) is 19.0 Å². The summed E-state index contributed by atoms with van der Waals surface area (Å²) in [5, 5.41) is 0. The molecule has 1 aliphatic carbocycles. The second kappa shape index (κ2) is 6.92.